The number of nitrogens with zero attached hydrogens (tertiary/aromatic N) is 1. The summed E-state index contributed by atoms with van der Waals surface area (Å²) in [6.45, 7) is 6.07. The lowest BCUT2D eigenvalue weighted by Gasteiger charge is -2.38. The van der Waals surface area contributed by atoms with Gasteiger partial charge in [-0.15, -0.1) is 0 Å². The Labute approximate surface area is 104 Å². The van der Waals surface area contributed by atoms with E-state index in [2.05, 4.69) is 5.32 Å². The third-order valence-corrected chi connectivity index (χ3v) is 5.65. The lowest BCUT2D eigenvalue weighted by atomic mass is 10.2. The third-order valence-electron chi connectivity index (χ3n) is 3.49. The van der Waals surface area contributed by atoms with Gasteiger partial charge in [-0.25, -0.2) is 8.42 Å². The largest absolute Gasteiger partial charge is 0.377 e. The number of hydrogen-bond donors (Lipinski definition) is 1. The van der Waals surface area contributed by atoms with E-state index in [9.17, 15) is 8.42 Å². The van der Waals surface area contributed by atoms with Crippen molar-refractivity contribution in [3.05, 3.63) is 0 Å². The Balaban J connectivity index is 2.06. The SMILES string of the molecule is CC1CNCC(C)N1S(=O)(=O)CC1CCCO1. The standard InChI is InChI=1S/C11H22N2O3S/c1-9-6-12-7-10(2)13(9)17(14,15)8-11-4-3-5-16-11/h9-12H,3-8H2,1-2H3. The summed E-state index contributed by atoms with van der Waals surface area (Å²) in [5, 5.41) is 3.24. The molecule has 0 spiro atoms. The minimum Gasteiger partial charge on any atom is -0.377 e. The van der Waals surface area contributed by atoms with Crippen LogP contribution in [0.1, 0.15) is 26.7 Å². The molecule has 0 amide bonds. The molecular formula is C11H22N2O3S. The average Bonchev–Trinajstić information content (AvgIpc) is 2.68. The maximum absolute atomic E-state index is 12.4. The van der Waals surface area contributed by atoms with E-state index < -0.39 is 10.0 Å². The monoisotopic (exact) mass is 262 g/mol. The Hall–Kier alpha value is -0.170. The second kappa shape index (κ2) is 5.22. The van der Waals surface area contributed by atoms with Crippen LogP contribution in [0.15, 0.2) is 0 Å². The Morgan fingerprint density at radius 3 is 2.47 bits per heavy atom. The van der Waals surface area contributed by atoms with Gasteiger partial charge in [0, 0.05) is 31.8 Å². The molecule has 0 bridgehead atoms. The molecule has 2 aliphatic rings. The van der Waals surface area contributed by atoms with Gasteiger partial charge in [-0.3, -0.25) is 0 Å². The number of sulfonamides is 1. The minimum absolute atomic E-state index is 0.0325. The first kappa shape index (κ1) is 13.3. The zero-order valence-electron chi connectivity index (χ0n) is 10.6. The van der Waals surface area contributed by atoms with Crippen molar-refractivity contribution in [2.75, 3.05) is 25.4 Å². The molecular weight excluding hydrogens is 240 g/mol. The Morgan fingerprint density at radius 2 is 1.94 bits per heavy atom. The fraction of sp³-hybridized carbons (Fsp3) is 1.00. The van der Waals surface area contributed by atoms with Crippen LogP contribution in [0, 0.1) is 0 Å². The Kier molecular flexibility index (Phi) is 4.07. The molecule has 0 aromatic heterocycles. The van der Waals surface area contributed by atoms with E-state index in [0.717, 1.165) is 25.9 Å². The fourth-order valence-corrected chi connectivity index (χ4v) is 4.91. The highest BCUT2D eigenvalue weighted by atomic mass is 32.2. The first-order chi connectivity index (χ1) is 8.00. The highest BCUT2D eigenvalue weighted by Gasteiger charge is 2.36. The van der Waals surface area contributed by atoms with Crippen molar-refractivity contribution in [3.8, 4) is 0 Å². The molecule has 6 heteroatoms. The van der Waals surface area contributed by atoms with Gasteiger partial charge in [-0.2, -0.15) is 4.31 Å². The second-order valence-corrected chi connectivity index (χ2v) is 7.02. The molecule has 0 aromatic rings. The molecule has 2 fully saturated rings. The van der Waals surface area contributed by atoms with Crippen LogP contribution in [-0.2, 0) is 14.8 Å². The van der Waals surface area contributed by atoms with Gasteiger partial charge in [-0.1, -0.05) is 0 Å². The van der Waals surface area contributed by atoms with Crippen LogP contribution in [-0.4, -0.2) is 56.4 Å². The molecule has 3 unspecified atom stereocenters. The lowest BCUT2D eigenvalue weighted by Crippen LogP contribution is -2.58. The van der Waals surface area contributed by atoms with E-state index in [0.29, 0.717) is 6.61 Å². The number of rotatable bonds is 3. The van der Waals surface area contributed by atoms with E-state index in [1.807, 2.05) is 13.8 Å². The molecule has 2 saturated heterocycles. The molecule has 100 valence electrons. The van der Waals surface area contributed by atoms with E-state index >= 15 is 0 Å². The van der Waals surface area contributed by atoms with Gasteiger partial charge in [0.15, 0.2) is 0 Å². The quantitative estimate of drug-likeness (QED) is 0.788. The topological polar surface area (TPSA) is 58.6 Å². The van der Waals surface area contributed by atoms with Crippen molar-refractivity contribution in [2.24, 2.45) is 0 Å². The molecule has 0 radical (unpaired) electrons. The van der Waals surface area contributed by atoms with Gasteiger partial charge in [-0.05, 0) is 26.7 Å². The van der Waals surface area contributed by atoms with Gasteiger partial charge >= 0.3 is 0 Å². The summed E-state index contributed by atoms with van der Waals surface area (Å²) in [6, 6.07) is 0.0651. The van der Waals surface area contributed by atoms with Gasteiger partial charge in [0.2, 0.25) is 10.0 Å². The summed E-state index contributed by atoms with van der Waals surface area (Å²) in [5.41, 5.74) is 0. The van der Waals surface area contributed by atoms with Gasteiger partial charge in [0.1, 0.15) is 0 Å². The van der Waals surface area contributed by atoms with E-state index in [1.165, 1.54) is 0 Å². The molecule has 5 nitrogen and oxygen atoms in total. The normalized spacial score (nSPS) is 36.2. The summed E-state index contributed by atoms with van der Waals surface area (Å²) in [6.07, 6.45) is 1.75. The molecule has 0 aliphatic carbocycles. The predicted molar refractivity (Wildman–Crippen MR) is 66.4 cm³/mol. The molecule has 17 heavy (non-hydrogen) atoms. The number of piperazine rings is 1. The molecule has 2 aliphatic heterocycles. The first-order valence-corrected chi connectivity index (χ1v) is 7.95. The van der Waals surface area contributed by atoms with Gasteiger partial charge in [0.05, 0.1) is 11.9 Å². The van der Waals surface area contributed by atoms with E-state index in [4.69, 9.17) is 4.74 Å². The minimum atomic E-state index is -3.20. The maximum Gasteiger partial charge on any atom is 0.217 e. The molecule has 3 atom stereocenters. The van der Waals surface area contributed by atoms with Crippen molar-refractivity contribution >= 4 is 10.0 Å². The van der Waals surface area contributed by atoms with Gasteiger partial charge in [0.25, 0.3) is 0 Å². The highest BCUT2D eigenvalue weighted by Crippen LogP contribution is 2.20. The van der Waals surface area contributed by atoms with E-state index in [1.54, 1.807) is 4.31 Å². The van der Waals surface area contributed by atoms with Crippen molar-refractivity contribution in [2.45, 2.75) is 44.9 Å². The fourth-order valence-electron chi connectivity index (χ4n) is 2.76. The molecule has 2 heterocycles. The van der Waals surface area contributed by atoms with Crippen LogP contribution in [0.2, 0.25) is 0 Å². The van der Waals surface area contributed by atoms with Crippen LogP contribution in [0.3, 0.4) is 0 Å². The lowest BCUT2D eigenvalue weighted by molar-refractivity contribution is 0.124. The van der Waals surface area contributed by atoms with Crippen molar-refractivity contribution in [1.82, 2.24) is 9.62 Å². The van der Waals surface area contributed by atoms with E-state index in [-0.39, 0.29) is 23.9 Å². The van der Waals surface area contributed by atoms with Crippen LogP contribution >= 0.6 is 0 Å². The third kappa shape index (κ3) is 2.99. The summed E-state index contributed by atoms with van der Waals surface area (Å²) < 4.78 is 31.8. The summed E-state index contributed by atoms with van der Waals surface area (Å²) >= 11 is 0. The number of hydrogen-bond acceptors (Lipinski definition) is 4. The van der Waals surface area contributed by atoms with Crippen LogP contribution in [0.4, 0.5) is 0 Å². The molecule has 2 rings (SSSR count). The molecule has 0 saturated carbocycles. The summed E-state index contributed by atoms with van der Waals surface area (Å²) in [5.74, 6) is 0.141. The molecule has 1 N–H and O–H groups in total. The van der Waals surface area contributed by atoms with Crippen molar-refractivity contribution in [1.29, 1.82) is 0 Å². The maximum atomic E-state index is 12.4. The van der Waals surface area contributed by atoms with Crippen LogP contribution < -0.4 is 5.32 Å². The van der Waals surface area contributed by atoms with Crippen molar-refractivity contribution in [3.63, 3.8) is 0 Å². The Bertz CT molecular complexity index is 342. The number of ether oxygens (including phenoxy) is 1. The molecule has 0 aromatic carbocycles. The first-order valence-electron chi connectivity index (χ1n) is 6.34. The average molecular weight is 262 g/mol. The summed E-state index contributed by atoms with van der Waals surface area (Å²) in [7, 11) is -3.20. The Morgan fingerprint density at radius 1 is 1.29 bits per heavy atom. The smallest absolute Gasteiger partial charge is 0.217 e. The van der Waals surface area contributed by atoms with Gasteiger partial charge < -0.3 is 10.1 Å². The van der Waals surface area contributed by atoms with Crippen LogP contribution in [0.5, 0.6) is 0 Å². The zero-order chi connectivity index (χ0) is 12.5. The predicted octanol–water partition coefficient (Wildman–Crippen LogP) is 0.177. The number of nitrogens with one attached hydrogen (secondary N) is 1. The van der Waals surface area contributed by atoms with Crippen molar-refractivity contribution < 1.29 is 13.2 Å². The van der Waals surface area contributed by atoms with Crippen LogP contribution in [0.25, 0.3) is 0 Å². The zero-order valence-corrected chi connectivity index (χ0v) is 11.4. The second-order valence-electron chi connectivity index (χ2n) is 5.10. The summed E-state index contributed by atoms with van der Waals surface area (Å²) in [4.78, 5) is 0. The highest BCUT2D eigenvalue weighted by molar-refractivity contribution is 7.89.